The number of carbonyl (C=O) groups is 3. The molecule has 2 fully saturated rings. The van der Waals surface area contributed by atoms with E-state index in [1.807, 2.05) is 18.0 Å². The topological polar surface area (TPSA) is 104 Å². The number of amides is 4. The fourth-order valence-electron chi connectivity index (χ4n) is 4.51. The molecule has 0 aliphatic carbocycles. The molecule has 0 spiro atoms. The highest BCUT2D eigenvalue weighted by atomic mass is 16.5. The first kappa shape index (κ1) is 22.7. The van der Waals surface area contributed by atoms with E-state index in [-0.39, 0.29) is 5.91 Å². The molecule has 0 saturated carbocycles. The number of methoxy groups -OCH3 is 1. The van der Waals surface area contributed by atoms with E-state index in [9.17, 15) is 14.4 Å². The van der Waals surface area contributed by atoms with Gasteiger partial charge in [-0.25, -0.2) is 9.78 Å². The molecule has 0 bridgehead atoms. The smallest absolute Gasteiger partial charge is 0.322 e. The number of hydrogen-bond donors (Lipinski definition) is 2. The maximum Gasteiger partial charge on any atom is 0.322 e. The van der Waals surface area contributed by atoms with Crippen molar-refractivity contribution in [3.8, 4) is 0 Å². The fourth-order valence-corrected chi connectivity index (χ4v) is 4.51. The molecule has 9 nitrogen and oxygen atoms in total. The van der Waals surface area contributed by atoms with Gasteiger partial charge in [0.25, 0.3) is 11.8 Å². The molecule has 1 unspecified atom stereocenters. The summed E-state index contributed by atoms with van der Waals surface area (Å²) in [5.74, 6) is 0.496. The highest BCUT2D eigenvalue weighted by Gasteiger charge is 2.47. The van der Waals surface area contributed by atoms with Crippen LogP contribution >= 0.6 is 0 Å². The number of aromatic nitrogens is 1. The Morgan fingerprint density at radius 1 is 1.12 bits per heavy atom. The average Bonchev–Trinajstić information content (AvgIpc) is 3.11. The molecule has 1 aromatic carbocycles. The molecule has 2 aliphatic heterocycles. The van der Waals surface area contributed by atoms with Gasteiger partial charge in [-0.3, -0.25) is 14.9 Å². The number of nitrogens with zero attached hydrogens (tertiary/aromatic N) is 3. The molecule has 2 aliphatic rings. The van der Waals surface area contributed by atoms with Gasteiger partial charge in [0, 0.05) is 58.1 Å². The van der Waals surface area contributed by atoms with E-state index < -0.39 is 17.5 Å². The van der Waals surface area contributed by atoms with E-state index in [0.29, 0.717) is 50.3 Å². The molecule has 9 heteroatoms. The molecule has 2 aromatic rings. The minimum absolute atomic E-state index is 0.0550. The Morgan fingerprint density at radius 2 is 1.82 bits per heavy atom. The molecule has 2 saturated heterocycles. The van der Waals surface area contributed by atoms with Crippen molar-refractivity contribution in [1.29, 1.82) is 0 Å². The normalized spacial score (nSPS) is 20.6. The van der Waals surface area contributed by atoms with E-state index in [0.717, 1.165) is 16.9 Å². The lowest BCUT2D eigenvalue weighted by molar-refractivity contribution is -0.125. The molecule has 174 valence electrons. The van der Waals surface area contributed by atoms with Gasteiger partial charge in [0.1, 0.15) is 11.4 Å². The lowest BCUT2D eigenvalue weighted by Crippen LogP contribution is -2.49. The van der Waals surface area contributed by atoms with Gasteiger partial charge in [-0.1, -0.05) is 18.2 Å². The number of aryl methyl sites for hydroxylation is 2. The van der Waals surface area contributed by atoms with Crippen LogP contribution in [0.4, 0.5) is 10.6 Å². The predicted molar refractivity (Wildman–Crippen MR) is 123 cm³/mol. The monoisotopic (exact) mass is 451 g/mol. The first-order valence-electron chi connectivity index (χ1n) is 11.0. The maximum atomic E-state index is 13.1. The second-order valence-corrected chi connectivity index (χ2v) is 8.57. The van der Waals surface area contributed by atoms with Crippen LogP contribution in [0.1, 0.15) is 33.5 Å². The molecular formula is C24H29N5O4. The number of anilines is 1. The number of carbonyl (C=O) groups excluding carboxylic acids is 3. The number of ether oxygens (including phenoxy) is 1. The van der Waals surface area contributed by atoms with E-state index in [4.69, 9.17) is 4.74 Å². The van der Waals surface area contributed by atoms with Gasteiger partial charge in [0.2, 0.25) is 0 Å². The van der Waals surface area contributed by atoms with Crippen molar-refractivity contribution in [1.82, 2.24) is 20.5 Å². The van der Waals surface area contributed by atoms with Crippen molar-refractivity contribution in [2.45, 2.75) is 25.8 Å². The molecule has 4 rings (SSSR count). The summed E-state index contributed by atoms with van der Waals surface area (Å²) in [5, 5.41) is 5.02. The van der Waals surface area contributed by atoms with Gasteiger partial charge in [0.15, 0.2) is 0 Å². The number of urea groups is 1. The van der Waals surface area contributed by atoms with Crippen molar-refractivity contribution >= 4 is 23.7 Å². The second kappa shape index (κ2) is 9.19. The highest BCUT2D eigenvalue weighted by Crippen LogP contribution is 2.29. The van der Waals surface area contributed by atoms with Crippen LogP contribution < -0.4 is 15.5 Å². The summed E-state index contributed by atoms with van der Waals surface area (Å²) in [6.07, 6.45) is 2.16. The molecule has 33 heavy (non-hydrogen) atoms. The number of benzene rings is 1. The molecule has 2 N–H and O–H groups in total. The Balaban J connectivity index is 1.44. The van der Waals surface area contributed by atoms with Gasteiger partial charge < -0.3 is 19.9 Å². The SMILES string of the molecule is COCCC1(c2ccc(C(=O)N3CCN(c4ncc(C)cc4C)CC3)cc2)NC(=O)NC1=O. The van der Waals surface area contributed by atoms with Crippen LogP contribution in [0.2, 0.25) is 0 Å². The largest absolute Gasteiger partial charge is 0.385 e. The van der Waals surface area contributed by atoms with Crippen molar-refractivity contribution in [3.63, 3.8) is 0 Å². The van der Waals surface area contributed by atoms with Gasteiger partial charge >= 0.3 is 6.03 Å². The molecule has 4 amide bonds. The van der Waals surface area contributed by atoms with Gasteiger partial charge in [-0.2, -0.15) is 0 Å². The van der Waals surface area contributed by atoms with E-state index >= 15 is 0 Å². The van der Waals surface area contributed by atoms with Crippen LogP contribution in [0.3, 0.4) is 0 Å². The van der Waals surface area contributed by atoms with Crippen molar-refractivity contribution < 1.29 is 19.1 Å². The number of pyridine rings is 1. The number of hydrogen-bond acceptors (Lipinski definition) is 6. The van der Waals surface area contributed by atoms with Gasteiger partial charge in [-0.05, 0) is 42.7 Å². The second-order valence-electron chi connectivity index (χ2n) is 8.57. The summed E-state index contributed by atoms with van der Waals surface area (Å²) >= 11 is 0. The molecular weight excluding hydrogens is 422 g/mol. The van der Waals surface area contributed by atoms with Gasteiger partial charge in [-0.15, -0.1) is 0 Å². The number of nitrogens with one attached hydrogen (secondary N) is 2. The molecule has 1 aromatic heterocycles. The zero-order valence-electron chi connectivity index (χ0n) is 19.2. The molecule has 1 atom stereocenters. The number of rotatable bonds is 6. The number of imide groups is 1. The summed E-state index contributed by atoms with van der Waals surface area (Å²) in [5.41, 5.74) is 2.23. The zero-order valence-corrected chi connectivity index (χ0v) is 19.2. The van der Waals surface area contributed by atoms with Crippen LogP contribution in [0, 0.1) is 13.8 Å². The Bertz CT molecular complexity index is 1060. The lowest BCUT2D eigenvalue weighted by Gasteiger charge is -2.36. The van der Waals surface area contributed by atoms with Crippen LogP contribution in [-0.4, -0.2) is 67.6 Å². The standard InChI is InChI=1S/C24H29N5O4/c1-16-14-17(2)20(25-15-16)28-9-11-29(12-10-28)21(30)18-4-6-19(7-5-18)24(8-13-33-3)22(31)26-23(32)27-24/h4-7,14-15H,8-13H2,1-3H3,(H2,26,27,31,32). The first-order chi connectivity index (χ1) is 15.8. The maximum absolute atomic E-state index is 13.1. The van der Waals surface area contributed by atoms with E-state index in [1.54, 1.807) is 31.4 Å². The van der Waals surface area contributed by atoms with Crippen LogP contribution in [0.5, 0.6) is 0 Å². The van der Waals surface area contributed by atoms with Gasteiger partial charge in [0.05, 0.1) is 0 Å². The van der Waals surface area contributed by atoms with Crippen molar-refractivity contribution in [2.24, 2.45) is 0 Å². The minimum atomic E-state index is -1.20. The van der Waals surface area contributed by atoms with Crippen molar-refractivity contribution in [3.05, 3.63) is 58.8 Å². The average molecular weight is 452 g/mol. The van der Waals surface area contributed by atoms with Crippen molar-refractivity contribution in [2.75, 3.05) is 44.8 Å². The summed E-state index contributed by atoms with van der Waals surface area (Å²) in [4.78, 5) is 46.0. The Morgan fingerprint density at radius 3 is 2.39 bits per heavy atom. The third kappa shape index (κ3) is 4.41. The Hall–Kier alpha value is -3.46. The van der Waals surface area contributed by atoms with E-state index in [1.165, 1.54) is 0 Å². The Kier molecular flexibility index (Phi) is 6.33. The molecule has 3 heterocycles. The Labute approximate surface area is 193 Å². The summed E-state index contributed by atoms with van der Waals surface area (Å²) < 4.78 is 5.13. The summed E-state index contributed by atoms with van der Waals surface area (Å²) in [6, 6.07) is 8.46. The fraction of sp³-hybridized carbons (Fsp3) is 0.417. The third-order valence-electron chi connectivity index (χ3n) is 6.30. The summed E-state index contributed by atoms with van der Waals surface area (Å²) in [6.45, 7) is 7.02. The highest BCUT2D eigenvalue weighted by molar-refractivity contribution is 6.07. The lowest BCUT2D eigenvalue weighted by atomic mass is 9.86. The summed E-state index contributed by atoms with van der Waals surface area (Å²) in [7, 11) is 1.54. The number of piperazine rings is 1. The van der Waals surface area contributed by atoms with Crippen LogP contribution in [0.15, 0.2) is 36.5 Å². The first-order valence-corrected chi connectivity index (χ1v) is 11.0. The minimum Gasteiger partial charge on any atom is -0.385 e. The zero-order chi connectivity index (χ0) is 23.6. The van der Waals surface area contributed by atoms with E-state index in [2.05, 4.69) is 33.5 Å². The van der Waals surface area contributed by atoms with Crippen LogP contribution in [-0.2, 0) is 15.1 Å². The quantitative estimate of drug-likeness (QED) is 0.649. The molecule has 0 radical (unpaired) electrons. The predicted octanol–water partition coefficient (Wildman–Crippen LogP) is 1.73. The third-order valence-corrected chi connectivity index (χ3v) is 6.30. The van der Waals surface area contributed by atoms with Crippen LogP contribution in [0.25, 0.3) is 0 Å².